The highest BCUT2D eigenvalue weighted by Crippen LogP contribution is 2.25. The van der Waals surface area contributed by atoms with Crippen LogP contribution in [-0.2, 0) is 0 Å². The van der Waals surface area contributed by atoms with Gasteiger partial charge < -0.3 is 10.6 Å². The number of rotatable bonds is 2. The average molecular weight is 287 g/mol. The molecule has 1 saturated carbocycles. The van der Waals surface area contributed by atoms with Gasteiger partial charge >= 0.3 is 0 Å². The van der Waals surface area contributed by atoms with Gasteiger partial charge in [-0.15, -0.1) is 0 Å². The van der Waals surface area contributed by atoms with Crippen LogP contribution in [0.1, 0.15) is 41.6 Å². The second-order valence-electron chi connectivity index (χ2n) is 6.34. The van der Waals surface area contributed by atoms with Crippen molar-refractivity contribution in [2.45, 2.75) is 38.6 Å². The van der Waals surface area contributed by atoms with Gasteiger partial charge in [-0.2, -0.15) is 0 Å². The minimum absolute atomic E-state index is 0.130. The molecule has 2 N–H and O–H groups in total. The van der Waals surface area contributed by atoms with E-state index in [0.29, 0.717) is 5.69 Å². The average Bonchev–Trinajstić information content (AvgIpc) is 3.03. The van der Waals surface area contributed by atoms with Crippen molar-refractivity contribution in [1.82, 2.24) is 9.80 Å². The Morgan fingerprint density at radius 2 is 1.81 bits per heavy atom. The lowest BCUT2D eigenvalue weighted by Gasteiger charge is -2.38. The van der Waals surface area contributed by atoms with Gasteiger partial charge in [0.1, 0.15) is 0 Å². The zero-order chi connectivity index (χ0) is 14.8. The van der Waals surface area contributed by atoms with E-state index in [2.05, 4.69) is 4.90 Å². The second-order valence-corrected chi connectivity index (χ2v) is 6.34. The monoisotopic (exact) mass is 287 g/mol. The molecule has 0 unspecified atom stereocenters. The Labute approximate surface area is 126 Å². The minimum Gasteiger partial charge on any atom is -0.399 e. The first-order chi connectivity index (χ1) is 10.1. The number of carbonyl (C=O) groups excluding carboxylic acids is 1. The summed E-state index contributed by atoms with van der Waals surface area (Å²) in [6, 6.07) is 6.35. The van der Waals surface area contributed by atoms with Gasteiger partial charge in [0.15, 0.2) is 0 Å². The number of piperazine rings is 1. The molecule has 4 nitrogen and oxygen atoms in total. The molecule has 1 aliphatic carbocycles. The Kier molecular flexibility index (Phi) is 4.15. The number of aryl methyl sites for hydroxylation is 1. The third-order valence-electron chi connectivity index (χ3n) is 4.93. The number of anilines is 1. The number of nitrogen functional groups attached to an aromatic ring is 1. The molecule has 1 amide bonds. The summed E-state index contributed by atoms with van der Waals surface area (Å²) in [5, 5.41) is 0. The number of nitrogens with two attached hydrogens (primary N) is 1. The van der Waals surface area contributed by atoms with Crippen LogP contribution in [0.2, 0.25) is 0 Å². The number of benzene rings is 1. The van der Waals surface area contributed by atoms with E-state index < -0.39 is 0 Å². The summed E-state index contributed by atoms with van der Waals surface area (Å²) in [6.45, 7) is 5.67. The lowest BCUT2D eigenvalue weighted by molar-refractivity contribution is 0.0573. The Balaban J connectivity index is 1.63. The fourth-order valence-corrected chi connectivity index (χ4v) is 3.60. The molecule has 0 spiro atoms. The molecule has 3 rings (SSSR count). The quantitative estimate of drug-likeness (QED) is 0.849. The number of amides is 1. The molecule has 1 aliphatic heterocycles. The van der Waals surface area contributed by atoms with Crippen LogP contribution in [0, 0.1) is 6.92 Å². The lowest BCUT2D eigenvalue weighted by atomic mass is 10.1. The van der Waals surface area contributed by atoms with E-state index in [1.807, 2.05) is 24.0 Å². The normalized spacial score (nSPS) is 20.9. The molecule has 1 saturated heterocycles. The summed E-state index contributed by atoms with van der Waals surface area (Å²) in [5.74, 6) is 0.130. The summed E-state index contributed by atoms with van der Waals surface area (Å²) in [6.07, 6.45) is 5.41. The zero-order valence-corrected chi connectivity index (χ0v) is 12.8. The van der Waals surface area contributed by atoms with Crippen molar-refractivity contribution in [2.24, 2.45) is 0 Å². The standard InChI is InChI=1S/C17H25N3O/c1-13-6-7-14(18)12-16(13)17(21)20-10-8-19(9-11-20)15-4-2-3-5-15/h6-7,12,15H,2-5,8-11,18H2,1H3. The molecule has 4 heteroatoms. The maximum absolute atomic E-state index is 12.7. The van der Waals surface area contributed by atoms with Crippen molar-refractivity contribution in [3.05, 3.63) is 29.3 Å². The van der Waals surface area contributed by atoms with Gasteiger partial charge in [-0.25, -0.2) is 0 Å². The van der Waals surface area contributed by atoms with E-state index in [1.54, 1.807) is 6.07 Å². The maximum atomic E-state index is 12.7. The highest BCUT2D eigenvalue weighted by atomic mass is 16.2. The van der Waals surface area contributed by atoms with Crippen LogP contribution in [-0.4, -0.2) is 47.9 Å². The highest BCUT2D eigenvalue weighted by Gasteiger charge is 2.28. The van der Waals surface area contributed by atoms with Gasteiger partial charge in [-0.3, -0.25) is 9.69 Å². The predicted molar refractivity (Wildman–Crippen MR) is 85.3 cm³/mol. The largest absolute Gasteiger partial charge is 0.399 e. The van der Waals surface area contributed by atoms with Crippen LogP contribution in [0.3, 0.4) is 0 Å². The smallest absolute Gasteiger partial charge is 0.254 e. The lowest BCUT2D eigenvalue weighted by Crippen LogP contribution is -2.51. The predicted octanol–water partition coefficient (Wildman–Crippen LogP) is 2.28. The van der Waals surface area contributed by atoms with Crippen LogP contribution in [0.4, 0.5) is 5.69 Å². The van der Waals surface area contributed by atoms with Gasteiger partial charge in [0.2, 0.25) is 0 Å². The van der Waals surface area contributed by atoms with Crippen molar-refractivity contribution in [1.29, 1.82) is 0 Å². The third kappa shape index (κ3) is 3.05. The maximum Gasteiger partial charge on any atom is 0.254 e. The molecule has 0 radical (unpaired) electrons. The Morgan fingerprint density at radius 3 is 2.48 bits per heavy atom. The van der Waals surface area contributed by atoms with E-state index in [1.165, 1.54) is 25.7 Å². The van der Waals surface area contributed by atoms with E-state index in [-0.39, 0.29) is 5.91 Å². The van der Waals surface area contributed by atoms with Crippen molar-refractivity contribution >= 4 is 11.6 Å². The fraction of sp³-hybridized carbons (Fsp3) is 0.588. The summed E-state index contributed by atoms with van der Waals surface area (Å²) in [5.41, 5.74) is 8.24. The van der Waals surface area contributed by atoms with E-state index in [0.717, 1.165) is 43.3 Å². The molecular weight excluding hydrogens is 262 g/mol. The van der Waals surface area contributed by atoms with Crippen molar-refractivity contribution in [2.75, 3.05) is 31.9 Å². The number of carbonyl (C=O) groups is 1. The van der Waals surface area contributed by atoms with Crippen LogP contribution in [0.15, 0.2) is 18.2 Å². The van der Waals surface area contributed by atoms with E-state index >= 15 is 0 Å². The van der Waals surface area contributed by atoms with Crippen LogP contribution < -0.4 is 5.73 Å². The van der Waals surface area contributed by atoms with Crippen LogP contribution >= 0.6 is 0 Å². The molecule has 2 aliphatic rings. The first-order valence-corrected chi connectivity index (χ1v) is 8.04. The SMILES string of the molecule is Cc1ccc(N)cc1C(=O)N1CCN(C2CCCC2)CC1. The number of nitrogens with zero attached hydrogens (tertiary/aromatic N) is 2. The van der Waals surface area contributed by atoms with Crippen molar-refractivity contribution in [3.8, 4) is 0 Å². The Hall–Kier alpha value is -1.55. The molecule has 21 heavy (non-hydrogen) atoms. The molecule has 1 aromatic rings. The first-order valence-electron chi connectivity index (χ1n) is 8.04. The Bertz CT molecular complexity index is 515. The van der Waals surface area contributed by atoms with Gasteiger partial charge in [0.05, 0.1) is 0 Å². The minimum atomic E-state index is 0.130. The summed E-state index contributed by atoms with van der Waals surface area (Å²) >= 11 is 0. The van der Waals surface area contributed by atoms with Gasteiger partial charge in [-0.05, 0) is 37.5 Å². The summed E-state index contributed by atoms with van der Waals surface area (Å²) in [4.78, 5) is 17.2. The van der Waals surface area contributed by atoms with Gasteiger partial charge in [0.25, 0.3) is 5.91 Å². The molecule has 2 fully saturated rings. The van der Waals surface area contributed by atoms with E-state index in [4.69, 9.17) is 5.73 Å². The molecule has 1 heterocycles. The second kappa shape index (κ2) is 6.06. The molecule has 0 aromatic heterocycles. The van der Waals surface area contributed by atoms with Crippen molar-refractivity contribution in [3.63, 3.8) is 0 Å². The topological polar surface area (TPSA) is 49.6 Å². The first kappa shape index (κ1) is 14.4. The van der Waals surface area contributed by atoms with Crippen LogP contribution in [0.5, 0.6) is 0 Å². The highest BCUT2D eigenvalue weighted by molar-refractivity contribution is 5.96. The number of hydrogen-bond acceptors (Lipinski definition) is 3. The number of hydrogen-bond donors (Lipinski definition) is 1. The Morgan fingerprint density at radius 1 is 1.14 bits per heavy atom. The molecule has 0 bridgehead atoms. The van der Waals surface area contributed by atoms with E-state index in [9.17, 15) is 4.79 Å². The molecular formula is C17H25N3O. The summed E-state index contributed by atoms with van der Waals surface area (Å²) < 4.78 is 0. The summed E-state index contributed by atoms with van der Waals surface area (Å²) in [7, 11) is 0. The fourth-order valence-electron chi connectivity index (χ4n) is 3.60. The molecule has 114 valence electrons. The van der Waals surface area contributed by atoms with Gasteiger partial charge in [0, 0.05) is 43.5 Å². The zero-order valence-electron chi connectivity index (χ0n) is 12.8. The van der Waals surface area contributed by atoms with Crippen molar-refractivity contribution < 1.29 is 4.79 Å². The van der Waals surface area contributed by atoms with Gasteiger partial charge in [-0.1, -0.05) is 18.9 Å². The molecule has 1 aromatic carbocycles. The molecule has 0 atom stereocenters. The third-order valence-corrected chi connectivity index (χ3v) is 4.93. The van der Waals surface area contributed by atoms with Crippen LogP contribution in [0.25, 0.3) is 0 Å².